The van der Waals surface area contributed by atoms with Crippen molar-refractivity contribution in [3.8, 4) is 11.5 Å². The summed E-state index contributed by atoms with van der Waals surface area (Å²) in [6.07, 6.45) is 4.49. The highest BCUT2D eigenvalue weighted by Gasteiger charge is 2.27. The third-order valence-corrected chi connectivity index (χ3v) is 4.94. The van der Waals surface area contributed by atoms with Gasteiger partial charge in [0.2, 0.25) is 0 Å². The van der Waals surface area contributed by atoms with E-state index in [2.05, 4.69) is 18.3 Å². The van der Waals surface area contributed by atoms with Crippen LogP contribution in [-0.2, 0) is 17.8 Å². The van der Waals surface area contributed by atoms with Crippen LogP contribution < -0.4 is 14.8 Å². The van der Waals surface area contributed by atoms with Crippen molar-refractivity contribution in [2.75, 3.05) is 7.11 Å². The van der Waals surface area contributed by atoms with Crippen LogP contribution in [-0.4, -0.2) is 30.3 Å². The number of nitrogens with one attached hydrogen (secondary N) is 1. The SMILES string of the molecule is COc1cc(CNC2CCC(C(=O)O)CC2)c2c(c1)CC(C)O2. The molecule has 1 atom stereocenters. The summed E-state index contributed by atoms with van der Waals surface area (Å²) in [6, 6.07) is 4.47. The molecule has 0 aromatic heterocycles. The van der Waals surface area contributed by atoms with Gasteiger partial charge >= 0.3 is 5.97 Å². The van der Waals surface area contributed by atoms with Gasteiger partial charge in [-0.05, 0) is 44.7 Å². The molecule has 0 amide bonds. The Bertz CT molecular complexity index is 579. The number of methoxy groups -OCH3 is 1. The second kappa shape index (κ2) is 6.79. The molecule has 1 unspecified atom stereocenters. The number of benzene rings is 1. The van der Waals surface area contributed by atoms with E-state index in [9.17, 15) is 4.79 Å². The third kappa shape index (κ3) is 3.61. The average Bonchev–Trinajstić information content (AvgIpc) is 2.93. The number of carbonyl (C=O) groups is 1. The number of fused-ring (bicyclic) bond motifs is 1. The fraction of sp³-hybridized carbons (Fsp3) is 0.611. The minimum Gasteiger partial charge on any atom is -0.497 e. The first kappa shape index (κ1) is 16.1. The van der Waals surface area contributed by atoms with Crippen LogP contribution in [0.4, 0.5) is 0 Å². The zero-order chi connectivity index (χ0) is 16.4. The molecular weight excluding hydrogens is 294 g/mol. The van der Waals surface area contributed by atoms with Gasteiger partial charge in [-0.3, -0.25) is 4.79 Å². The molecule has 23 heavy (non-hydrogen) atoms. The predicted octanol–water partition coefficient (Wildman–Crippen LogP) is 2.75. The molecule has 1 aliphatic carbocycles. The lowest BCUT2D eigenvalue weighted by Crippen LogP contribution is -2.34. The summed E-state index contributed by atoms with van der Waals surface area (Å²) in [5.41, 5.74) is 2.34. The van der Waals surface area contributed by atoms with Crippen LogP contribution in [0.25, 0.3) is 0 Å². The van der Waals surface area contributed by atoms with Crippen LogP contribution in [0, 0.1) is 5.92 Å². The van der Waals surface area contributed by atoms with E-state index in [4.69, 9.17) is 14.6 Å². The van der Waals surface area contributed by atoms with Crippen molar-refractivity contribution < 1.29 is 19.4 Å². The second-order valence-electron chi connectivity index (χ2n) is 6.68. The monoisotopic (exact) mass is 319 g/mol. The maximum absolute atomic E-state index is 11.0. The lowest BCUT2D eigenvalue weighted by Gasteiger charge is -2.27. The van der Waals surface area contributed by atoms with Crippen molar-refractivity contribution in [3.63, 3.8) is 0 Å². The van der Waals surface area contributed by atoms with Gasteiger partial charge in [0, 0.05) is 30.1 Å². The summed E-state index contributed by atoms with van der Waals surface area (Å²) in [5.74, 6) is 1.03. The summed E-state index contributed by atoms with van der Waals surface area (Å²) >= 11 is 0. The first-order valence-corrected chi connectivity index (χ1v) is 8.39. The molecule has 1 aromatic carbocycles. The van der Waals surface area contributed by atoms with Gasteiger partial charge < -0.3 is 19.9 Å². The van der Waals surface area contributed by atoms with Gasteiger partial charge in [-0.15, -0.1) is 0 Å². The molecule has 5 heteroatoms. The molecule has 0 spiro atoms. The van der Waals surface area contributed by atoms with E-state index in [1.807, 2.05) is 6.07 Å². The largest absolute Gasteiger partial charge is 0.497 e. The quantitative estimate of drug-likeness (QED) is 0.873. The van der Waals surface area contributed by atoms with E-state index >= 15 is 0 Å². The highest BCUT2D eigenvalue weighted by Crippen LogP contribution is 2.36. The Morgan fingerprint density at radius 1 is 1.35 bits per heavy atom. The van der Waals surface area contributed by atoms with Crippen molar-refractivity contribution in [3.05, 3.63) is 23.3 Å². The van der Waals surface area contributed by atoms with Gasteiger partial charge in [-0.2, -0.15) is 0 Å². The van der Waals surface area contributed by atoms with E-state index < -0.39 is 5.97 Å². The number of ether oxygens (including phenoxy) is 2. The number of carboxylic acid groups (broad SMARTS) is 1. The van der Waals surface area contributed by atoms with Crippen LogP contribution in [0.2, 0.25) is 0 Å². The number of aliphatic carboxylic acids is 1. The second-order valence-corrected chi connectivity index (χ2v) is 6.68. The number of rotatable bonds is 5. The smallest absolute Gasteiger partial charge is 0.306 e. The van der Waals surface area contributed by atoms with Crippen LogP contribution in [0.5, 0.6) is 11.5 Å². The van der Waals surface area contributed by atoms with Crippen LogP contribution in [0.15, 0.2) is 12.1 Å². The van der Waals surface area contributed by atoms with Crippen molar-refractivity contribution >= 4 is 5.97 Å². The van der Waals surface area contributed by atoms with Gasteiger partial charge in [0.25, 0.3) is 0 Å². The molecule has 2 N–H and O–H groups in total. The summed E-state index contributed by atoms with van der Waals surface area (Å²) < 4.78 is 11.4. The fourth-order valence-corrected chi connectivity index (χ4v) is 3.63. The minimum atomic E-state index is -0.656. The lowest BCUT2D eigenvalue weighted by atomic mass is 9.86. The molecule has 1 fully saturated rings. The molecule has 3 rings (SSSR count). The molecule has 0 bridgehead atoms. The summed E-state index contributed by atoms with van der Waals surface area (Å²) in [5, 5.41) is 12.6. The van der Waals surface area contributed by atoms with Gasteiger partial charge in [-0.25, -0.2) is 0 Å². The molecule has 2 aliphatic rings. The molecule has 0 radical (unpaired) electrons. The molecule has 0 saturated heterocycles. The van der Waals surface area contributed by atoms with Crippen molar-refractivity contribution in [1.29, 1.82) is 0 Å². The van der Waals surface area contributed by atoms with E-state index in [0.29, 0.717) is 6.04 Å². The molecule has 126 valence electrons. The maximum Gasteiger partial charge on any atom is 0.306 e. The van der Waals surface area contributed by atoms with Crippen molar-refractivity contribution in [2.45, 2.75) is 57.7 Å². The Kier molecular flexibility index (Phi) is 4.76. The fourth-order valence-electron chi connectivity index (χ4n) is 3.63. The van der Waals surface area contributed by atoms with E-state index in [1.165, 1.54) is 5.56 Å². The van der Waals surface area contributed by atoms with E-state index in [0.717, 1.165) is 55.7 Å². The summed E-state index contributed by atoms with van der Waals surface area (Å²) in [7, 11) is 1.69. The molecule has 1 heterocycles. The Labute approximate surface area is 137 Å². The number of hydrogen-bond donors (Lipinski definition) is 2. The summed E-state index contributed by atoms with van der Waals surface area (Å²) in [6.45, 7) is 2.81. The summed E-state index contributed by atoms with van der Waals surface area (Å²) in [4.78, 5) is 11.0. The average molecular weight is 319 g/mol. The predicted molar refractivity (Wildman–Crippen MR) is 87.0 cm³/mol. The standard InChI is InChI=1S/C18H25NO4/c1-11-7-13-8-16(22-2)9-14(17(13)23-11)10-19-15-5-3-12(4-6-15)18(20)21/h8-9,11-12,15,19H,3-7,10H2,1-2H3,(H,20,21). The number of carboxylic acids is 1. The van der Waals surface area contributed by atoms with Gasteiger partial charge in [-0.1, -0.05) is 0 Å². The topological polar surface area (TPSA) is 67.8 Å². The highest BCUT2D eigenvalue weighted by molar-refractivity contribution is 5.70. The van der Waals surface area contributed by atoms with E-state index in [1.54, 1.807) is 7.11 Å². The Morgan fingerprint density at radius 3 is 2.74 bits per heavy atom. The zero-order valence-corrected chi connectivity index (χ0v) is 13.8. The molecule has 1 aliphatic heterocycles. The molecule has 1 saturated carbocycles. The van der Waals surface area contributed by atoms with Gasteiger partial charge in [0.05, 0.1) is 13.0 Å². The van der Waals surface area contributed by atoms with Crippen LogP contribution in [0.1, 0.15) is 43.7 Å². The van der Waals surface area contributed by atoms with Crippen molar-refractivity contribution in [1.82, 2.24) is 5.32 Å². The normalized spacial score (nSPS) is 26.4. The molecule has 1 aromatic rings. The molecule has 5 nitrogen and oxygen atoms in total. The highest BCUT2D eigenvalue weighted by atomic mass is 16.5. The molecular formula is C18H25NO4. The first-order chi connectivity index (χ1) is 11.1. The van der Waals surface area contributed by atoms with Crippen molar-refractivity contribution in [2.24, 2.45) is 5.92 Å². The van der Waals surface area contributed by atoms with Gasteiger partial charge in [0.1, 0.15) is 17.6 Å². The number of hydrogen-bond acceptors (Lipinski definition) is 4. The van der Waals surface area contributed by atoms with E-state index in [-0.39, 0.29) is 12.0 Å². The Hall–Kier alpha value is -1.75. The minimum absolute atomic E-state index is 0.168. The van der Waals surface area contributed by atoms with Crippen LogP contribution >= 0.6 is 0 Å². The first-order valence-electron chi connectivity index (χ1n) is 8.39. The van der Waals surface area contributed by atoms with Crippen LogP contribution in [0.3, 0.4) is 0 Å². The Morgan fingerprint density at radius 2 is 2.09 bits per heavy atom. The third-order valence-electron chi connectivity index (χ3n) is 4.94. The maximum atomic E-state index is 11.0. The lowest BCUT2D eigenvalue weighted by molar-refractivity contribution is -0.142. The zero-order valence-electron chi connectivity index (χ0n) is 13.8. The van der Waals surface area contributed by atoms with Gasteiger partial charge in [0.15, 0.2) is 0 Å². The Balaban J connectivity index is 1.63.